The average Bonchev–Trinajstić information content (AvgIpc) is 2.35. The summed E-state index contributed by atoms with van der Waals surface area (Å²) in [5.41, 5.74) is 8.39. The first kappa shape index (κ1) is 16.3. The van der Waals surface area contributed by atoms with Gasteiger partial charge in [-0.2, -0.15) is 0 Å². The van der Waals surface area contributed by atoms with Crippen molar-refractivity contribution < 1.29 is 19.1 Å². The maximum absolute atomic E-state index is 11.3. The molecule has 0 aromatic heterocycles. The third kappa shape index (κ3) is 4.11. The Morgan fingerprint density at radius 3 is 2.50 bits per heavy atom. The molecule has 20 heavy (non-hydrogen) atoms. The summed E-state index contributed by atoms with van der Waals surface area (Å²) in [4.78, 5) is 25.1. The molecule has 8 nitrogen and oxygen atoms in total. The summed E-state index contributed by atoms with van der Waals surface area (Å²) in [6.45, 7) is 6.72. The van der Waals surface area contributed by atoms with E-state index in [1.165, 1.54) is 13.8 Å². The van der Waals surface area contributed by atoms with Crippen LogP contribution in [0.4, 0.5) is 0 Å². The van der Waals surface area contributed by atoms with Crippen LogP contribution in [-0.4, -0.2) is 36.9 Å². The van der Waals surface area contributed by atoms with Crippen molar-refractivity contribution in [1.29, 1.82) is 0 Å². The van der Waals surface area contributed by atoms with Crippen molar-refractivity contribution in [2.45, 2.75) is 46.1 Å². The SMILES string of the molecule is CC(=O)NC1[C@H](OC(C)=O)OC(CN=[N+]=[N-])[C@@H](C)[C@@H]1C. The summed E-state index contributed by atoms with van der Waals surface area (Å²) in [5.74, 6) is -0.655. The van der Waals surface area contributed by atoms with Gasteiger partial charge in [0.1, 0.15) is 0 Å². The number of nitrogens with zero attached hydrogens (tertiary/aromatic N) is 3. The molecule has 0 aromatic carbocycles. The van der Waals surface area contributed by atoms with Gasteiger partial charge in [0.15, 0.2) is 0 Å². The summed E-state index contributed by atoms with van der Waals surface area (Å²) in [6, 6.07) is -0.422. The average molecular weight is 284 g/mol. The minimum absolute atomic E-state index is 0.0101. The lowest BCUT2D eigenvalue weighted by molar-refractivity contribution is -0.229. The van der Waals surface area contributed by atoms with Crippen molar-refractivity contribution in [3.8, 4) is 0 Å². The predicted octanol–water partition coefficient (Wildman–Crippen LogP) is 1.36. The number of azide groups is 1. The van der Waals surface area contributed by atoms with Crippen molar-refractivity contribution in [2.75, 3.05) is 6.54 Å². The number of hydrogen-bond donors (Lipinski definition) is 1. The molecule has 1 N–H and O–H groups in total. The second kappa shape index (κ2) is 7.12. The minimum Gasteiger partial charge on any atom is -0.434 e. The van der Waals surface area contributed by atoms with E-state index in [9.17, 15) is 9.59 Å². The molecular weight excluding hydrogens is 264 g/mol. The van der Waals surface area contributed by atoms with E-state index in [1.54, 1.807) is 0 Å². The van der Waals surface area contributed by atoms with E-state index in [1.807, 2.05) is 13.8 Å². The van der Waals surface area contributed by atoms with Gasteiger partial charge in [-0.25, -0.2) is 0 Å². The number of esters is 1. The zero-order valence-corrected chi connectivity index (χ0v) is 12.1. The third-order valence-electron chi connectivity index (χ3n) is 3.56. The predicted molar refractivity (Wildman–Crippen MR) is 70.4 cm³/mol. The van der Waals surface area contributed by atoms with Crippen molar-refractivity contribution in [2.24, 2.45) is 17.0 Å². The van der Waals surface area contributed by atoms with Gasteiger partial charge in [-0.3, -0.25) is 9.59 Å². The summed E-state index contributed by atoms with van der Waals surface area (Å²) >= 11 is 0. The fourth-order valence-electron chi connectivity index (χ4n) is 2.32. The van der Waals surface area contributed by atoms with Crippen LogP contribution in [-0.2, 0) is 19.1 Å². The monoisotopic (exact) mass is 284 g/mol. The quantitative estimate of drug-likeness (QED) is 0.363. The van der Waals surface area contributed by atoms with Crippen LogP contribution in [0.25, 0.3) is 10.4 Å². The van der Waals surface area contributed by atoms with Gasteiger partial charge in [0.05, 0.1) is 18.7 Å². The largest absolute Gasteiger partial charge is 0.434 e. The van der Waals surface area contributed by atoms with Gasteiger partial charge in [-0.15, -0.1) is 0 Å². The molecule has 0 aliphatic carbocycles. The van der Waals surface area contributed by atoms with E-state index < -0.39 is 18.3 Å². The van der Waals surface area contributed by atoms with Crippen molar-refractivity contribution in [1.82, 2.24) is 5.32 Å². The molecule has 1 amide bonds. The highest BCUT2D eigenvalue weighted by molar-refractivity contribution is 5.73. The molecule has 0 saturated carbocycles. The molecule has 5 atom stereocenters. The van der Waals surface area contributed by atoms with E-state index in [0.717, 1.165) is 0 Å². The zero-order valence-electron chi connectivity index (χ0n) is 12.1. The molecule has 1 rings (SSSR count). The first-order valence-corrected chi connectivity index (χ1v) is 6.47. The lowest BCUT2D eigenvalue weighted by Crippen LogP contribution is -2.58. The Labute approximate surface area is 117 Å². The number of amides is 1. The molecule has 8 heteroatoms. The Kier molecular flexibility index (Phi) is 5.79. The topological polar surface area (TPSA) is 113 Å². The molecule has 2 unspecified atom stereocenters. The lowest BCUT2D eigenvalue weighted by atomic mass is 9.82. The van der Waals surface area contributed by atoms with Crippen molar-refractivity contribution in [3.05, 3.63) is 10.4 Å². The van der Waals surface area contributed by atoms with Crippen molar-refractivity contribution in [3.63, 3.8) is 0 Å². The Hall–Kier alpha value is -1.79. The number of carbonyl (C=O) groups is 2. The van der Waals surface area contributed by atoms with Crippen molar-refractivity contribution >= 4 is 11.9 Å². The molecule has 0 spiro atoms. The summed E-state index contributed by atoms with van der Waals surface area (Å²) in [5, 5.41) is 6.26. The number of hydrogen-bond acceptors (Lipinski definition) is 5. The van der Waals surface area contributed by atoms with Crippen LogP contribution >= 0.6 is 0 Å². The summed E-state index contributed by atoms with van der Waals surface area (Å²) < 4.78 is 10.8. The van der Waals surface area contributed by atoms with Crippen LogP contribution in [0.3, 0.4) is 0 Å². The van der Waals surface area contributed by atoms with Gasteiger partial charge < -0.3 is 14.8 Å². The van der Waals surface area contributed by atoms with Crippen LogP contribution in [0.2, 0.25) is 0 Å². The van der Waals surface area contributed by atoms with Crippen LogP contribution in [0.5, 0.6) is 0 Å². The van der Waals surface area contributed by atoms with E-state index in [-0.39, 0.29) is 30.4 Å². The second-order valence-electron chi connectivity index (χ2n) is 5.01. The van der Waals surface area contributed by atoms with E-state index in [2.05, 4.69) is 15.3 Å². The Bertz CT molecular complexity index is 422. The minimum atomic E-state index is -0.874. The lowest BCUT2D eigenvalue weighted by Gasteiger charge is -2.43. The maximum Gasteiger partial charge on any atom is 0.305 e. The van der Waals surface area contributed by atoms with Crippen LogP contribution < -0.4 is 5.32 Å². The maximum atomic E-state index is 11.3. The van der Waals surface area contributed by atoms with Gasteiger partial charge in [-0.1, -0.05) is 19.0 Å². The van der Waals surface area contributed by atoms with Gasteiger partial charge in [-0.05, 0) is 17.4 Å². The molecular formula is C12H20N4O4. The van der Waals surface area contributed by atoms with Crippen LogP contribution in [0, 0.1) is 11.8 Å². The highest BCUT2D eigenvalue weighted by atomic mass is 16.7. The number of rotatable bonds is 4. The van der Waals surface area contributed by atoms with Gasteiger partial charge in [0, 0.05) is 18.8 Å². The first-order chi connectivity index (χ1) is 9.36. The van der Waals surface area contributed by atoms with E-state index in [0.29, 0.717) is 0 Å². The zero-order chi connectivity index (χ0) is 15.3. The van der Waals surface area contributed by atoms with Gasteiger partial charge in [0.2, 0.25) is 12.2 Å². The Morgan fingerprint density at radius 2 is 2.00 bits per heavy atom. The summed E-state index contributed by atoms with van der Waals surface area (Å²) in [6.07, 6.45) is -1.23. The van der Waals surface area contributed by atoms with Gasteiger partial charge in [0.25, 0.3) is 0 Å². The molecule has 1 aliphatic heterocycles. The summed E-state index contributed by atoms with van der Waals surface area (Å²) in [7, 11) is 0. The van der Waals surface area contributed by atoms with Crippen LogP contribution in [0.1, 0.15) is 27.7 Å². The molecule has 1 aliphatic rings. The molecule has 1 heterocycles. The third-order valence-corrected chi connectivity index (χ3v) is 3.56. The molecule has 112 valence electrons. The number of carbonyl (C=O) groups excluding carboxylic acids is 2. The van der Waals surface area contributed by atoms with Crippen LogP contribution in [0.15, 0.2) is 5.11 Å². The van der Waals surface area contributed by atoms with E-state index in [4.69, 9.17) is 15.0 Å². The number of ether oxygens (including phenoxy) is 2. The highest BCUT2D eigenvalue weighted by Gasteiger charge is 2.43. The second-order valence-corrected chi connectivity index (χ2v) is 5.01. The Morgan fingerprint density at radius 1 is 1.35 bits per heavy atom. The molecule has 1 fully saturated rings. The normalized spacial score (nSPS) is 32.9. The molecule has 0 radical (unpaired) electrons. The molecule has 0 bridgehead atoms. The van der Waals surface area contributed by atoms with E-state index >= 15 is 0 Å². The fraction of sp³-hybridized carbons (Fsp3) is 0.833. The van der Waals surface area contributed by atoms with Gasteiger partial charge >= 0.3 is 5.97 Å². The fourth-order valence-corrected chi connectivity index (χ4v) is 2.32. The highest BCUT2D eigenvalue weighted by Crippen LogP contribution is 2.31. The first-order valence-electron chi connectivity index (χ1n) is 6.47. The molecule has 1 saturated heterocycles. The standard InChI is InChI=1S/C12H20N4O4/c1-6-7(2)11(15-8(3)17)12(19-9(4)18)20-10(6)5-14-16-13/h6-7,10-12H,5H2,1-4H3,(H,15,17)/t6-,7-,10?,11?,12+/m0/s1. The smallest absolute Gasteiger partial charge is 0.305 e. The Balaban J connectivity index is 2.90. The number of nitrogens with one attached hydrogen (secondary N) is 1. The molecule has 0 aromatic rings.